The molecule has 8 heteroatoms. The Bertz CT molecular complexity index is 626. The maximum Gasteiger partial charge on any atom is 0.272 e. The number of nitrogens with zero attached hydrogens (tertiary/aromatic N) is 6. The Morgan fingerprint density at radius 2 is 2.10 bits per heavy atom. The van der Waals surface area contributed by atoms with Crippen molar-refractivity contribution in [3.63, 3.8) is 0 Å². The number of aryl methyl sites for hydroxylation is 2. The first kappa shape index (κ1) is 13.7. The molecule has 3 heterocycles. The molecule has 0 N–H and O–H groups in total. The molecule has 0 atom stereocenters. The van der Waals surface area contributed by atoms with Crippen LogP contribution in [0.3, 0.4) is 0 Å². The van der Waals surface area contributed by atoms with Crippen LogP contribution in [0.2, 0.25) is 0 Å². The third kappa shape index (κ3) is 2.94. The fraction of sp³-hybridized carbons (Fsp3) is 0.538. The Balaban J connectivity index is 1.55. The lowest BCUT2D eigenvalue weighted by Crippen LogP contribution is -2.48. The summed E-state index contributed by atoms with van der Waals surface area (Å²) in [5, 5.41) is 7.93. The summed E-state index contributed by atoms with van der Waals surface area (Å²) in [5.41, 5.74) is 0.622. The van der Waals surface area contributed by atoms with Gasteiger partial charge in [0.25, 0.3) is 5.91 Å². The van der Waals surface area contributed by atoms with Crippen molar-refractivity contribution < 1.29 is 9.32 Å². The number of piperazine rings is 1. The zero-order valence-electron chi connectivity index (χ0n) is 12.2. The standard InChI is InChI=1S/C13H18N6O2/c1-10-15-12(16-21-10)9-18-5-7-19(8-6-18)13(20)11-3-4-14-17(11)2/h3-4H,5-9H2,1-2H3. The van der Waals surface area contributed by atoms with Crippen LogP contribution in [0.1, 0.15) is 22.2 Å². The van der Waals surface area contributed by atoms with Gasteiger partial charge in [0.15, 0.2) is 5.82 Å². The van der Waals surface area contributed by atoms with Crippen molar-refractivity contribution >= 4 is 5.91 Å². The highest BCUT2D eigenvalue weighted by Crippen LogP contribution is 2.10. The van der Waals surface area contributed by atoms with Gasteiger partial charge in [-0.3, -0.25) is 14.4 Å². The maximum absolute atomic E-state index is 12.4. The van der Waals surface area contributed by atoms with Gasteiger partial charge in [0.2, 0.25) is 5.89 Å². The third-order valence-electron chi connectivity index (χ3n) is 3.63. The van der Waals surface area contributed by atoms with Crippen LogP contribution in [0.15, 0.2) is 16.8 Å². The second-order valence-electron chi connectivity index (χ2n) is 5.14. The summed E-state index contributed by atoms with van der Waals surface area (Å²) in [5.74, 6) is 1.30. The number of amides is 1. The molecule has 1 saturated heterocycles. The Hall–Kier alpha value is -2.22. The summed E-state index contributed by atoms with van der Waals surface area (Å²) >= 11 is 0. The lowest BCUT2D eigenvalue weighted by atomic mass is 10.2. The van der Waals surface area contributed by atoms with E-state index in [0.29, 0.717) is 37.0 Å². The zero-order valence-corrected chi connectivity index (χ0v) is 12.2. The van der Waals surface area contributed by atoms with E-state index in [1.807, 2.05) is 4.90 Å². The van der Waals surface area contributed by atoms with Gasteiger partial charge in [-0.15, -0.1) is 0 Å². The molecule has 0 saturated carbocycles. The molecule has 112 valence electrons. The van der Waals surface area contributed by atoms with Gasteiger partial charge in [-0.2, -0.15) is 10.1 Å². The fourth-order valence-corrected chi connectivity index (χ4v) is 2.46. The largest absolute Gasteiger partial charge is 0.340 e. The van der Waals surface area contributed by atoms with Crippen molar-refractivity contribution in [2.75, 3.05) is 26.2 Å². The average Bonchev–Trinajstić information content (AvgIpc) is 3.08. The van der Waals surface area contributed by atoms with Crippen molar-refractivity contribution in [1.29, 1.82) is 0 Å². The molecule has 0 spiro atoms. The van der Waals surface area contributed by atoms with E-state index < -0.39 is 0 Å². The molecule has 21 heavy (non-hydrogen) atoms. The lowest BCUT2D eigenvalue weighted by molar-refractivity contribution is 0.0613. The van der Waals surface area contributed by atoms with E-state index in [-0.39, 0.29) is 5.91 Å². The van der Waals surface area contributed by atoms with Crippen molar-refractivity contribution in [2.45, 2.75) is 13.5 Å². The van der Waals surface area contributed by atoms with E-state index in [1.165, 1.54) is 0 Å². The predicted octanol–water partition coefficient (Wildman–Crippen LogP) is 0.0695. The normalized spacial score (nSPS) is 16.4. The quantitative estimate of drug-likeness (QED) is 0.796. The second kappa shape index (κ2) is 5.65. The SMILES string of the molecule is Cc1nc(CN2CCN(C(=O)c3ccnn3C)CC2)no1. The summed E-state index contributed by atoms with van der Waals surface area (Å²) in [4.78, 5) is 20.6. The topological polar surface area (TPSA) is 80.3 Å². The van der Waals surface area contributed by atoms with Crippen LogP contribution in [-0.4, -0.2) is 61.8 Å². The van der Waals surface area contributed by atoms with E-state index in [4.69, 9.17) is 4.52 Å². The van der Waals surface area contributed by atoms with E-state index >= 15 is 0 Å². The summed E-state index contributed by atoms with van der Waals surface area (Å²) in [7, 11) is 1.78. The Labute approximate surface area is 122 Å². The molecule has 0 aromatic carbocycles. The number of hydrogen-bond acceptors (Lipinski definition) is 6. The third-order valence-corrected chi connectivity index (χ3v) is 3.63. The van der Waals surface area contributed by atoms with Gasteiger partial charge in [-0.1, -0.05) is 5.16 Å². The zero-order chi connectivity index (χ0) is 14.8. The molecular formula is C13H18N6O2. The predicted molar refractivity (Wildman–Crippen MR) is 73.4 cm³/mol. The molecule has 0 unspecified atom stereocenters. The number of carbonyl (C=O) groups is 1. The average molecular weight is 290 g/mol. The molecule has 3 rings (SSSR count). The van der Waals surface area contributed by atoms with Crippen LogP contribution >= 0.6 is 0 Å². The molecule has 2 aromatic heterocycles. The van der Waals surface area contributed by atoms with Gasteiger partial charge < -0.3 is 9.42 Å². The molecule has 0 aliphatic carbocycles. The minimum Gasteiger partial charge on any atom is -0.340 e. The minimum absolute atomic E-state index is 0.0325. The summed E-state index contributed by atoms with van der Waals surface area (Å²) in [6.45, 7) is 5.43. The van der Waals surface area contributed by atoms with E-state index in [1.54, 1.807) is 30.9 Å². The highest BCUT2D eigenvalue weighted by Gasteiger charge is 2.24. The highest BCUT2D eigenvalue weighted by atomic mass is 16.5. The first-order valence-corrected chi connectivity index (χ1v) is 6.92. The number of rotatable bonds is 3. The second-order valence-corrected chi connectivity index (χ2v) is 5.14. The van der Waals surface area contributed by atoms with Gasteiger partial charge >= 0.3 is 0 Å². The first-order valence-electron chi connectivity index (χ1n) is 6.92. The van der Waals surface area contributed by atoms with Gasteiger partial charge in [0.1, 0.15) is 5.69 Å². The highest BCUT2D eigenvalue weighted by molar-refractivity contribution is 5.92. The monoisotopic (exact) mass is 290 g/mol. The molecule has 1 aliphatic rings. The first-order chi connectivity index (χ1) is 10.1. The molecule has 0 radical (unpaired) electrons. The smallest absolute Gasteiger partial charge is 0.272 e. The van der Waals surface area contributed by atoms with Crippen LogP contribution in [0, 0.1) is 6.92 Å². The summed E-state index contributed by atoms with van der Waals surface area (Å²) in [6, 6.07) is 1.75. The van der Waals surface area contributed by atoms with E-state index in [2.05, 4.69) is 20.1 Å². The lowest BCUT2D eigenvalue weighted by Gasteiger charge is -2.33. The molecule has 0 bridgehead atoms. The van der Waals surface area contributed by atoms with Crippen molar-refractivity contribution in [3.8, 4) is 0 Å². The number of hydrogen-bond donors (Lipinski definition) is 0. The summed E-state index contributed by atoms with van der Waals surface area (Å²) in [6.07, 6.45) is 1.64. The van der Waals surface area contributed by atoms with Crippen LogP contribution in [0.25, 0.3) is 0 Å². The van der Waals surface area contributed by atoms with Crippen molar-refractivity contribution in [2.24, 2.45) is 7.05 Å². The van der Waals surface area contributed by atoms with Crippen LogP contribution in [0.5, 0.6) is 0 Å². The molecule has 1 amide bonds. The summed E-state index contributed by atoms with van der Waals surface area (Å²) < 4.78 is 6.57. The van der Waals surface area contributed by atoms with Crippen LogP contribution in [-0.2, 0) is 13.6 Å². The van der Waals surface area contributed by atoms with Gasteiger partial charge in [0, 0.05) is 46.3 Å². The van der Waals surface area contributed by atoms with Gasteiger partial charge in [0.05, 0.1) is 6.54 Å². The molecule has 8 nitrogen and oxygen atoms in total. The Morgan fingerprint density at radius 3 is 2.67 bits per heavy atom. The minimum atomic E-state index is 0.0325. The fourth-order valence-electron chi connectivity index (χ4n) is 2.46. The number of carbonyl (C=O) groups excluding carboxylic acids is 1. The Kier molecular flexibility index (Phi) is 3.70. The van der Waals surface area contributed by atoms with Crippen LogP contribution < -0.4 is 0 Å². The Morgan fingerprint density at radius 1 is 1.33 bits per heavy atom. The van der Waals surface area contributed by atoms with Gasteiger partial charge in [-0.25, -0.2) is 0 Å². The molecule has 1 aliphatic heterocycles. The van der Waals surface area contributed by atoms with Crippen molar-refractivity contribution in [1.82, 2.24) is 29.7 Å². The molecule has 1 fully saturated rings. The van der Waals surface area contributed by atoms with E-state index in [9.17, 15) is 4.79 Å². The molecule has 2 aromatic rings. The van der Waals surface area contributed by atoms with E-state index in [0.717, 1.165) is 13.1 Å². The van der Waals surface area contributed by atoms with Crippen molar-refractivity contribution in [3.05, 3.63) is 29.7 Å². The van der Waals surface area contributed by atoms with Gasteiger partial charge in [-0.05, 0) is 6.07 Å². The maximum atomic E-state index is 12.4. The van der Waals surface area contributed by atoms with Crippen LogP contribution in [0.4, 0.5) is 0 Å². The number of aromatic nitrogens is 4. The molecular weight excluding hydrogens is 272 g/mol.